The van der Waals surface area contributed by atoms with E-state index in [1.54, 1.807) is 12.5 Å². The highest BCUT2D eigenvalue weighted by atomic mass is 16.3. The van der Waals surface area contributed by atoms with Crippen LogP contribution in [0.25, 0.3) is 0 Å². The lowest BCUT2D eigenvalue weighted by molar-refractivity contribution is 0.0701. The van der Waals surface area contributed by atoms with Gasteiger partial charge >= 0.3 is 0 Å². The summed E-state index contributed by atoms with van der Waals surface area (Å²) in [7, 11) is 1.99. The van der Waals surface area contributed by atoms with Crippen molar-refractivity contribution in [3.63, 3.8) is 0 Å². The van der Waals surface area contributed by atoms with Crippen LogP contribution in [0, 0.1) is 13.8 Å². The Bertz CT molecular complexity index is 940. The van der Waals surface area contributed by atoms with E-state index in [9.17, 15) is 4.79 Å². The van der Waals surface area contributed by atoms with Gasteiger partial charge in [-0.05, 0) is 32.8 Å². The molecule has 3 aromatic rings. The summed E-state index contributed by atoms with van der Waals surface area (Å²) in [6.45, 7) is 5.75. The molecular weight excluding hydrogens is 344 g/mol. The van der Waals surface area contributed by atoms with Crippen molar-refractivity contribution in [3.8, 4) is 0 Å². The molecule has 27 heavy (non-hydrogen) atoms. The number of piperidine rings is 1. The van der Waals surface area contributed by atoms with Crippen molar-refractivity contribution in [2.24, 2.45) is 7.05 Å². The lowest BCUT2D eigenvalue weighted by atomic mass is 9.96. The van der Waals surface area contributed by atoms with Crippen molar-refractivity contribution in [3.05, 3.63) is 53.5 Å². The first-order chi connectivity index (χ1) is 13.0. The molecule has 0 N–H and O–H groups in total. The van der Waals surface area contributed by atoms with E-state index in [0.717, 1.165) is 36.8 Å². The fourth-order valence-corrected chi connectivity index (χ4v) is 3.80. The molecule has 8 nitrogen and oxygen atoms in total. The topological polar surface area (TPSA) is 82.0 Å². The Balaban J connectivity index is 1.51. The van der Waals surface area contributed by atoms with E-state index in [2.05, 4.69) is 15.2 Å². The number of hydrogen-bond acceptors (Lipinski definition) is 5. The van der Waals surface area contributed by atoms with Crippen LogP contribution < -0.4 is 0 Å². The molecule has 0 unspecified atom stereocenters. The van der Waals surface area contributed by atoms with E-state index in [4.69, 9.17) is 4.42 Å². The van der Waals surface area contributed by atoms with Crippen molar-refractivity contribution >= 4 is 5.91 Å². The van der Waals surface area contributed by atoms with Gasteiger partial charge in [-0.1, -0.05) is 0 Å². The van der Waals surface area contributed by atoms with Gasteiger partial charge in [0, 0.05) is 38.4 Å². The number of carbonyl (C=O) groups excluding carboxylic acids is 1. The monoisotopic (exact) mass is 368 g/mol. The second-order valence-electron chi connectivity index (χ2n) is 7.19. The number of amides is 1. The molecule has 1 fully saturated rings. The molecule has 4 heterocycles. The van der Waals surface area contributed by atoms with Crippen molar-refractivity contribution < 1.29 is 9.21 Å². The first-order valence-corrected chi connectivity index (χ1v) is 9.23. The highest BCUT2D eigenvalue weighted by molar-refractivity contribution is 5.95. The van der Waals surface area contributed by atoms with E-state index >= 15 is 0 Å². The Morgan fingerprint density at radius 2 is 2.19 bits per heavy atom. The van der Waals surface area contributed by atoms with Gasteiger partial charge in [-0.15, -0.1) is 10.2 Å². The molecule has 3 aromatic heterocycles. The van der Waals surface area contributed by atoms with Crippen LogP contribution in [0.3, 0.4) is 0 Å². The molecule has 0 aromatic carbocycles. The molecule has 1 amide bonds. The van der Waals surface area contributed by atoms with Crippen molar-refractivity contribution in [1.82, 2.24) is 29.2 Å². The van der Waals surface area contributed by atoms with Crippen LogP contribution >= 0.6 is 0 Å². The van der Waals surface area contributed by atoms with Crippen LogP contribution in [0.4, 0.5) is 0 Å². The van der Waals surface area contributed by atoms with Crippen LogP contribution in [-0.4, -0.2) is 48.2 Å². The lowest BCUT2D eigenvalue weighted by Gasteiger charge is -2.32. The van der Waals surface area contributed by atoms with Gasteiger partial charge in [-0.2, -0.15) is 0 Å². The molecule has 0 bridgehead atoms. The molecule has 8 heteroatoms. The molecule has 0 aliphatic carbocycles. The van der Waals surface area contributed by atoms with Crippen LogP contribution in [0.15, 0.2) is 29.2 Å². The van der Waals surface area contributed by atoms with Gasteiger partial charge in [0.25, 0.3) is 5.91 Å². The van der Waals surface area contributed by atoms with Crippen molar-refractivity contribution in [1.29, 1.82) is 0 Å². The molecule has 0 saturated carbocycles. The van der Waals surface area contributed by atoms with E-state index in [1.165, 1.54) is 0 Å². The van der Waals surface area contributed by atoms with Crippen LogP contribution in [0.1, 0.15) is 52.3 Å². The Hall–Kier alpha value is -2.90. The Kier molecular flexibility index (Phi) is 4.55. The minimum absolute atomic E-state index is 0.0369. The standard InChI is InChI=1S/C19H24N6O2/c1-13-9-16(14(2)27-13)19(26)25-7-4-5-15(10-25)18-22-21-17(23(18)3)11-24-8-6-20-12-24/h6,8-9,12,15H,4-5,7,10-11H2,1-3H3/t15-/m1/s1. The number of rotatable bonds is 4. The number of carbonyl (C=O) groups is 1. The maximum Gasteiger partial charge on any atom is 0.257 e. The van der Waals surface area contributed by atoms with Gasteiger partial charge in [0.2, 0.25) is 0 Å². The summed E-state index contributed by atoms with van der Waals surface area (Å²) < 4.78 is 9.54. The Morgan fingerprint density at radius 3 is 2.89 bits per heavy atom. The smallest absolute Gasteiger partial charge is 0.257 e. The number of aromatic nitrogens is 5. The number of hydrogen-bond donors (Lipinski definition) is 0. The van der Waals surface area contributed by atoms with E-state index < -0.39 is 0 Å². The minimum atomic E-state index is 0.0369. The predicted octanol–water partition coefficient (Wildman–Crippen LogP) is 2.29. The number of imidazole rings is 1. The third-order valence-electron chi connectivity index (χ3n) is 5.23. The van der Waals surface area contributed by atoms with Crippen LogP contribution in [0.2, 0.25) is 0 Å². The first-order valence-electron chi connectivity index (χ1n) is 9.23. The zero-order valence-corrected chi connectivity index (χ0v) is 15.9. The lowest BCUT2D eigenvalue weighted by Crippen LogP contribution is -2.39. The number of aryl methyl sites for hydroxylation is 2. The Morgan fingerprint density at radius 1 is 1.33 bits per heavy atom. The van der Waals surface area contributed by atoms with E-state index in [1.807, 2.05) is 47.2 Å². The maximum atomic E-state index is 12.9. The highest BCUT2D eigenvalue weighted by Crippen LogP contribution is 2.28. The molecule has 0 radical (unpaired) electrons. The minimum Gasteiger partial charge on any atom is -0.466 e. The van der Waals surface area contributed by atoms with Crippen LogP contribution in [-0.2, 0) is 13.6 Å². The highest BCUT2D eigenvalue weighted by Gasteiger charge is 2.30. The summed E-state index contributed by atoms with van der Waals surface area (Å²) >= 11 is 0. The maximum absolute atomic E-state index is 12.9. The number of furan rings is 1. The van der Waals surface area contributed by atoms with E-state index in [-0.39, 0.29) is 11.8 Å². The van der Waals surface area contributed by atoms with Crippen molar-refractivity contribution in [2.45, 2.75) is 39.2 Å². The largest absolute Gasteiger partial charge is 0.466 e. The summed E-state index contributed by atoms with van der Waals surface area (Å²) in [4.78, 5) is 18.9. The second kappa shape index (κ2) is 7.02. The molecule has 4 rings (SSSR count). The summed E-state index contributed by atoms with van der Waals surface area (Å²) in [5.41, 5.74) is 0.659. The Labute approximate surface area is 157 Å². The van der Waals surface area contributed by atoms with Gasteiger partial charge in [0.1, 0.15) is 17.3 Å². The molecule has 142 valence electrons. The third kappa shape index (κ3) is 3.39. The normalized spacial score (nSPS) is 17.4. The summed E-state index contributed by atoms with van der Waals surface area (Å²) in [5.74, 6) is 3.48. The van der Waals surface area contributed by atoms with Gasteiger partial charge in [0.05, 0.1) is 18.4 Å². The summed E-state index contributed by atoms with van der Waals surface area (Å²) in [6, 6.07) is 1.83. The molecule has 0 spiro atoms. The first kappa shape index (κ1) is 17.5. The molecule has 1 saturated heterocycles. The average molecular weight is 368 g/mol. The van der Waals surface area contributed by atoms with Gasteiger partial charge in [-0.3, -0.25) is 4.79 Å². The van der Waals surface area contributed by atoms with Crippen LogP contribution in [0.5, 0.6) is 0 Å². The fourth-order valence-electron chi connectivity index (χ4n) is 3.80. The number of likely N-dealkylation sites (tertiary alicyclic amines) is 1. The van der Waals surface area contributed by atoms with E-state index in [0.29, 0.717) is 24.4 Å². The SMILES string of the molecule is Cc1cc(C(=O)N2CCC[C@@H](c3nnc(Cn4ccnc4)n3C)C2)c(C)o1. The molecule has 1 atom stereocenters. The summed E-state index contributed by atoms with van der Waals surface area (Å²) in [6.07, 6.45) is 7.39. The zero-order chi connectivity index (χ0) is 19.0. The predicted molar refractivity (Wildman–Crippen MR) is 98.4 cm³/mol. The second-order valence-corrected chi connectivity index (χ2v) is 7.19. The number of nitrogens with zero attached hydrogens (tertiary/aromatic N) is 6. The molecule has 1 aliphatic heterocycles. The third-order valence-corrected chi connectivity index (χ3v) is 5.23. The van der Waals surface area contributed by atoms with Gasteiger partial charge < -0.3 is 18.5 Å². The van der Waals surface area contributed by atoms with Crippen molar-refractivity contribution in [2.75, 3.05) is 13.1 Å². The summed E-state index contributed by atoms with van der Waals surface area (Å²) in [5, 5.41) is 8.79. The average Bonchev–Trinajstić information content (AvgIpc) is 3.37. The fraction of sp³-hybridized carbons (Fsp3) is 0.474. The molecule has 1 aliphatic rings. The van der Waals surface area contributed by atoms with Gasteiger partial charge in [0.15, 0.2) is 5.82 Å². The molecular formula is C19H24N6O2. The van der Waals surface area contributed by atoms with Gasteiger partial charge in [-0.25, -0.2) is 4.98 Å². The zero-order valence-electron chi connectivity index (χ0n) is 15.9. The quantitative estimate of drug-likeness (QED) is 0.706.